The molecule has 2 N–H and O–H groups in total. The van der Waals surface area contributed by atoms with Crippen LogP contribution in [-0.4, -0.2) is 29.3 Å². The fourth-order valence-corrected chi connectivity index (χ4v) is 1.88. The van der Waals surface area contributed by atoms with E-state index in [9.17, 15) is 10.2 Å². The minimum absolute atomic E-state index is 0.199. The Labute approximate surface area is 124 Å². The molecule has 21 heavy (non-hydrogen) atoms. The molecule has 0 unspecified atom stereocenters. The van der Waals surface area contributed by atoms with Crippen LogP contribution >= 0.6 is 0 Å². The van der Waals surface area contributed by atoms with Gasteiger partial charge in [0.2, 0.25) is 0 Å². The van der Waals surface area contributed by atoms with Crippen molar-refractivity contribution in [3.63, 3.8) is 0 Å². The number of aryl methyl sites for hydroxylation is 2. The highest BCUT2D eigenvalue weighted by Gasteiger charge is 1.98. The number of aromatic hydroxyl groups is 2. The number of aliphatic imine (C=N–C) groups is 2. The van der Waals surface area contributed by atoms with Gasteiger partial charge in [-0.05, 0) is 38.1 Å². The Morgan fingerprint density at radius 1 is 0.810 bits per heavy atom. The molecule has 2 rings (SSSR count). The van der Waals surface area contributed by atoms with Crippen LogP contribution in [0, 0.1) is 13.8 Å². The monoisotopic (exact) mass is 282 g/mol. The van der Waals surface area contributed by atoms with E-state index >= 15 is 0 Å². The first-order chi connectivity index (χ1) is 10.1. The molecule has 4 heteroatoms. The van der Waals surface area contributed by atoms with Crippen molar-refractivity contribution < 1.29 is 10.2 Å². The van der Waals surface area contributed by atoms with Gasteiger partial charge in [-0.1, -0.05) is 23.3 Å². The molecule has 0 aliphatic rings. The van der Waals surface area contributed by atoms with E-state index in [1.807, 2.05) is 38.1 Å². The predicted molar refractivity (Wildman–Crippen MR) is 85.7 cm³/mol. The molecule has 2 aromatic carbocycles. The number of phenolic OH excluding ortho intramolecular Hbond substituents is 2. The first kappa shape index (κ1) is 14.8. The maximum atomic E-state index is 9.67. The van der Waals surface area contributed by atoms with Crippen LogP contribution in [0.1, 0.15) is 22.3 Å². The van der Waals surface area contributed by atoms with Crippen LogP contribution in [-0.2, 0) is 0 Å². The Kier molecular flexibility index (Phi) is 4.72. The molecule has 0 saturated heterocycles. The fourth-order valence-electron chi connectivity index (χ4n) is 1.88. The zero-order valence-corrected chi connectivity index (χ0v) is 12.1. The Balaban J connectivity index is 2.00. The first-order valence-corrected chi connectivity index (χ1v) is 6.65. The van der Waals surface area contributed by atoms with Crippen LogP contribution in [0.3, 0.4) is 0 Å². The molecule has 0 saturated carbocycles. The van der Waals surface area contributed by atoms with Crippen molar-refractivity contribution in [2.75, 3.05) is 6.67 Å². The van der Waals surface area contributed by atoms with Gasteiger partial charge in [-0.15, -0.1) is 0 Å². The fraction of sp³-hybridized carbons (Fsp3) is 0.176. The van der Waals surface area contributed by atoms with Crippen LogP contribution < -0.4 is 0 Å². The van der Waals surface area contributed by atoms with Crippen LogP contribution in [0.4, 0.5) is 0 Å². The maximum Gasteiger partial charge on any atom is 0.129 e. The summed E-state index contributed by atoms with van der Waals surface area (Å²) >= 11 is 0. The highest BCUT2D eigenvalue weighted by Crippen LogP contribution is 2.16. The molecule has 0 aliphatic carbocycles. The quantitative estimate of drug-likeness (QED) is 0.846. The van der Waals surface area contributed by atoms with Crippen molar-refractivity contribution in [1.29, 1.82) is 0 Å². The largest absolute Gasteiger partial charge is 0.507 e. The standard InChI is InChI=1S/C17H18N2O2/c1-12-3-5-16(20)14(7-12)9-18-11-19-10-15-8-13(2)4-6-17(15)21/h3-10,20-21H,11H2,1-2H3/b18-9+,19-10+. The number of rotatable bonds is 4. The molecule has 0 radical (unpaired) electrons. The number of hydrogen-bond acceptors (Lipinski definition) is 4. The zero-order chi connectivity index (χ0) is 15.2. The highest BCUT2D eigenvalue weighted by molar-refractivity contribution is 5.85. The molecule has 2 aromatic rings. The molecule has 0 aromatic heterocycles. The van der Waals surface area contributed by atoms with Gasteiger partial charge < -0.3 is 10.2 Å². The second-order valence-corrected chi connectivity index (χ2v) is 4.89. The predicted octanol–water partition coefficient (Wildman–Crippen LogP) is 3.21. The summed E-state index contributed by atoms with van der Waals surface area (Å²) in [6, 6.07) is 10.7. The van der Waals surface area contributed by atoms with Crippen molar-refractivity contribution >= 4 is 12.4 Å². The summed E-state index contributed by atoms with van der Waals surface area (Å²) in [6.07, 6.45) is 3.19. The lowest BCUT2D eigenvalue weighted by Gasteiger charge is -2.00. The summed E-state index contributed by atoms with van der Waals surface area (Å²) in [5.74, 6) is 0.398. The van der Waals surface area contributed by atoms with E-state index in [-0.39, 0.29) is 18.2 Å². The van der Waals surface area contributed by atoms with E-state index in [1.54, 1.807) is 24.6 Å². The second kappa shape index (κ2) is 6.70. The second-order valence-electron chi connectivity index (χ2n) is 4.89. The summed E-state index contributed by atoms with van der Waals surface area (Å²) in [6.45, 7) is 4.14. The van der Waals surface area contributed by atoms with Crippen LogP contribution in [0.25, 0.3) is 0 Å². The summed E-state index contributed by atoms with van der Waals surface area (Å²) in [5, 5.41) is 19.3. The van der Waals surface area contributed by atoms with Crippen molar-refractivity contribution in [2.45, 2.75) is 13.8 Å². The van der Waals surface area contributed by atoms with Crippen LogP contribution in [0.2, 0.25) is 0 Å². The van der Waals surface area contributed by atoms with Gasteiger partial charge in [0.1, 0.15) is 18.2 Å². The number of nitrogens with zero attached hydrogens (tertiary/aromatic N) is 2. The molecule has 0 fully saturated rings. The SMILES string of the molecule is Cc1ccc(O)c(/C=N/C/N=C/c2cc(C)ccc2O)c1. The normalized spacial score (nSPS) is 11.5. The minimum atomic E-state index is 0.199. The van der Waals surface area contributed by atoms with Gasteiger partial charge in [-0.2, -0.15) is 0 Å². The van der Waals surface area contributed by atoms with Gasteiger partial charge in [0, 0.05) is 23.6 Å². The zero-order valence-electron chi connectivity index (χ0n) is 12.1. The molecule has 108 valence electrons. The lowest BCUT2D eigenvalue weighted by molar-refractivity contribution is 0.474. The third kappa shape index (κ3) is 4.18. The molecule has 0 heterocycles. The van der Waals surface area contributed by atoms with E-state index in [0.29, 0.717) is 11.1 Å². The van der Waals surface area contributed by atoms with E-state index < -0.39 is 0 Å². The van der Waals surface area contributed by atoms with Gasteiger partial charge in [-0.3, -0.25) is 9.98 Å². The van der Waals surface area contributed by atoms with Crippen molar-refractivity contribution in [3.05, 3.63) is 58.7 Å². The Bertz CT molecular complexity index is 632. The molecule has 0 spiro atoms. The number of phenols is 2. The average Bonchev–Trinajstić information content (AvgIpc) is 2.45. The van der Waals surface area contributed by atoms with Crippen molar-refractivity contribution in [2.24, 2.45) is 9.98 Å². The average molecular weight is 282 g/mol. The number of hydrogen-bond donors (Lipinski definition) is 2. The summed E-state index contributed by atoms with van der Waals surface area (Å²) in [5.41, 5.74) is 3.46. The Morgan fingerprint density at radius 2 is 1.24 bits per heavy atom. The summed E-state index contributed by atoms with van der Waals surface area (Å²) < 4.78 is 0. The van der Waals surface area contributed by atoms with E-state index in [0.717, 1.165) is 11.1 Å². The number of benzene rings is 2. The highest BCUT2D eigenvalue weighted by atomic mass is 16.3. The molecular weight excluding hydrogens is 264 g/mol. The molecular formula is C17H18N2O2. The van der Waals surface area contributed by atoms with Gasteiger partial charge in [-0.25, -0.2) is 0 Å². The molecule has 4 nitrogen and oxygen atoms in total. The maximum absolute atomic E-state index is 9.67. The van der Waals surface area contributed by atoms with Gasteiger partial charge in [0.15, 0.2) is 0 Å². The van der Waals surface area contributed by atoms with Crippen molar-refractivity contribution in [3.8, 4) is 11.5 Å². The molecule has 0 atom stereocenters. The van der Waals surface area contributed by atoms with E-state index in [1.165, 1.54) is 0 Å². The third-order valence-corrected chi connectivity index (χ3v) is 2.99. The molecule has 0 bridgehead atoms. The van der Waals surface area contributed by atoms with Crippen LogP contribution in [0.15, 0.2) is 46.4 Å². The van der Waals surface area contributed by atoms with E-state index in [4.69, 9.17) is 0 Å². The molecule has 0 amide bonds. The van der Waals surface area contributed by atoms with Gasteiger partial charge >= 0.3 is 0 Å². The summed E-state index contributed by atoms with van der Waals surface area (Å²) in [4.78, 5) is 8.29. The Morgan fingerprint density at radius 3 is 1.67 bits per heavy atom. The first-order valence-electron chi connectivity index (χ1n) is 6.65. The lowest BCUT2D eigenvalue weighted by atomic mass is 10.1. The minimum Gasteiger partial charge on any atom is -0.507 e. The Hall–Kier alpha value is -2.62. The van der Waals surface area contributed by atoms with Crippen molar-refractivity contribution in [1.82, 2.24) is 0 Å². The molecule has 0 aliphatic heterocycles. The summed E-state index contributed by atoms with van der Waals surface area (Å²) in [7, 11) is 0. The smallest absolute Gasteiger partial charge is 0.129 e. The van der Waals surface area contributed by atoms with Crippen LogP contribution in [0.5, 0.6) is 11.5 Å². The van der Waals surface area contributed by atoms with Gasteiger partial charge in [0.25, 0.3) is 0 Å². The lowest BCUT2D eigenvalue weighted by Crippen LogP contribution is -1.88. The van der Waals surface area contributed by atoms with Gasteiger partial charge in [0.05, 0.1) is 0 Å². The van der Waals surface area contributed by atoms with E-state index in [2.05, 4.69) is 9.98 Å². The third-order valence-electron chi connectivity index (χ3n) is 2.99. The topological polar surface area (TPSA) is 65.2 Å².